The minimum Gasteiger partial charge on any atom is -0.309 e. The smallest absolute Gasteiger partial charge is 0.222 e. The van der Waals surface area contributed by atoms with Crippen molar-refractivity contribution >= 4 is 73.9 Å². The zero-order valence-electron chi connectivity index (χ0n) is 21.6. The molecule has 0 unspecified atom stereocenters. The van der Waals surface area contributed by atoms with Gasteiger partial charge in [-0.25, -0.2) is 19.0 Å². The Morgan fingerprint density at radius 1 is 0.732 bits per heavy atom. The number of nitrogens with one attached hydrogen (secondary N) is 2. The Kier molecular flexibility index (Phi) is 8.29. The minimum absolute atomic E-state index is 0.187. The number of aromatic nitrogens is 6. The fourth-order valence-electron chi connectivity index (χ4n) is 3.90. The fourth-order valence-corrected chi connectivity index (χ4v) is 4.78. The highest BCUT2D eigenvalue weighted by atomic mass is 79.9. The molecule has 4 heterocycles. The van der Waals surface area contributed by atoms with Crippen molar-refractivity contribution in [3.63, 3.8) is 0 Å². The molecule has 0 aliphatic heterocycles. The lowest BCUT2D eigenvalue weighted by Crippen LogP contribution is -2.06. The number of halogens is 3. The van der Waals surface area contributed by atoms with E-state index in [1.165, 1.54) is 22.9 Å². The number of fused-ring (bicyclic) bond motifs is 2. The van der Waals surface area contributed by atoms with Gasteiger partial charge in [0.1, 0.15) is 14.8 Å². The van der Waals surface area contributed by atoms with Gasteiger partial charge in [-0.05, 0) is 15.9 Å². The second kappa shape index (κ2) is 12.0. The first-order valence-electron chi connectivity index (χ1n) is 12.2. The topological polar surface area (TPSA) is 119 Å². The van der Waals surface area contributed by atoms with Gasteiger partial charge in [0.15, 0.2) is 22.9 Å². The first kappa shape index (κ1) is 28.2. The normalized spacial score (nSPS) is 10.8. The maximum atomic E-state index is 11.2. The van der Waals surface area contributed by atoms with E-state index in [0.29, 0.717) is 37.7 Å². The van der Waals surface area contributed by atoms with Crippen molar-refractivity contribution in [2.45, 2.75) is 13.8 Å². The number of anilines is 2. The number of benzene rings is 2. The Labute approximate surface area is 252 Å². The van der Waals surface area contributed by atoms with Crippen molar-refractivity contribution in [1.82, 2.24) is 29.2 Å². The van der Waals surface area contributed by atoms with Crippen molar-refractivity contribution in [2.75, 3.05) is 10.6 Å². The van der Waals surface area contributed by atoms with E-state index < -0.39 is 0 Å². The predicted molar refractivity (Wildman–Crippen MR) is 163 cm³/mol. The minimum atomic E-state index is -0.210. The lowest BCUT2D eigenvalue weighted by molar-refractivity contribution is -0.115. The molecule has 0 spiro atoms. The summed E-state index contributed by atoms with van der Waals surface area (Å²) in [4.78, 5) is 31.3. The van der Waals surface area contributed by atoms with E-state index in [-0.39, 0.29) is 11.8 Å². The van der Waals surface area contributed by atoms with Crippen LogP contribution in [-0.4, -0.2) is 41.0 Å². The molecule has 206 valence electrons. The van der Waals surface area contributed by atoms with E-state index in [1.807, 2.05) is 60.7 Å². The monoisotopic (exact) mass is 650 g/mol. The third-order valence-corrected chi connectivity index (χ3v) is 6.88. The molecule has 6 rings (SSSR count). The van der Waals surface area contributed by atoms with Gasteiger partial charge in [-0.15, -0.1) is 10.2 Å². The second-order valence-electron chi connectivity index (χ2n) is 8.72. The van der Waals surface area contributed by atoms with Gasteiger partial charge >= 0.3 is 0 Å². The number of carbonyl (C=O) groups is 2. The molecular weight excluding hydrogens is 631 g/mol. The number of rotatable bonds is 4. The number of amides is 2. The van der Waals surface area contributed by atoms with Gasteiger partial charge in [0.05, 0.1) is 11.4 Å². The average Bonchev–Trinajstić information content (AvgIpc) is 3.50. The molecule has 41 heavy (non-hydrogen) atoms. The largest absolute Gasteiger partial charge is 0.309 e. The van der Waals surface area contributed by atoms with Crippen LogP contribution < -0.4 is 10.6 Å². The summed E-state index contributed by atoms with van der Waals surface area (Å²) in [5.41, 5.74) is 4.56. The summed E-state index contributed by atoms with van der Waals surface area (Å²) >= 11 is 15.9. The molecule has 0 saturated carbocycles. The predicted octanol–water partition coefficient (Wildman–Crippen LogP) is 6.78. The summed E-state index contributed by atoms with van der Waals surface area (Å²) in [5.74, 6) is 0.422. The summed E-state index contributed by atoms with van der Waals surface area (Å²) in [7, 11) is 0. The molecule has 2 amide bonds. The van der Waals surface area contributed by atoms with Crippen LogP contribution >= 0.6 is 39.1 Å². The first-order chi connectivity index (χ1) is 19.7. The van der Waals surface area contributed by atoms with Crippen molar-refractivity contribution in [3.8, 4) is 22.5 Å². The molecule has 0 bridgehead atoms. The van der Waals surface area contributed by atoms with Gasteiger partial charge in [-0.2, -0.15) is 0 Å². The maximum absolute atomic E-state index is 11.2. The highest BCUT2D eigenvalue weighted by molar-refractivity contribution is 9.10. The number of carbonyl (C=O) groups excluding carboxylic acids is 2. The van der Waals surface area contributed by atoms with Crippen LogP contribution in [0.3, 0.4) is 0 Å². The molecule has 2 aromatic carbocycles. The summed E-state index contributed by atoms with van der Waals surface area (Å²) < 4.78 is 3.56. The molecule has 0 saturated heterocycles. The molecule has 0 atom stereocenters. The van der Waals surface area contributed by atoms with Crippen LogP contribution in [0.15, 0.2) is 83.3 Å². The van der Waals surface area contributed by atoms with Crippen molar-refractivity contribution < 1.29 is 9.59 Å². The average molecular weight is 652 g/mol. The second-order valence-corrected chi connectivity index (χ2v) is 10.3. The molecule has 0 aliphatic rings. The van der Waals surface area contributed by atoms with Gasteiger partial charge in [-0.3, -0.25) is 9.59 Å². The molecule has 0 fully saturated rings. The van der Waals surface area contributed by atoms with Crippen LogP contribution in [0.2, 0.25) is 10.3 Å². The van der Waals surface area contributed by atoms with Gasteiger partial charge in [0, 0.05) is 43.2 Å². The van der Waals surface area contributed by atoms with Gasteiger partial charge < -0.3 is 10.6 Å². The Morgan fingerprint density at radius 2 is 1.27 bits per heavy atom. The zero-order chi connectivity index (χ0) is 29.1. The van der Waals surface area contributed by atoms with Crippen LogP contribution in [0.25, 0.3) is 33.8 Å². The Bertz CT molecular complexity index is 1890. The van der Waals surface area contributed by atoms with E-state index in [1.54, 1.807) is 18.2 Å². The number of nitrogens with zero attached hydrogens (tertiary/aromatic N) is 6. The maximum Gasteiger partial charge on any atom is 0.222 e. The molecule has 6 aromatic rings. The van der Waals surface area contributed by atoms with Crippen molar-refractivity contribution in [2.24, 2.45) is 0 Å². The summed E-state index contributed by atoms with van der Waals surface area (Å²) in [6.45, 7) is 2.84. The molecule has 4 aromatic heterocycles. The zero-order valence-corrected chi connectivity index (χ0v) is 24.7. The standard InChI is InChI=1S/C14H10BrClN4O.C14H11ClN4O/c1-8(21)17-13-12(15)14-18-10(7-11(16)20(14)19-13)9-5-3-2-4-6-9;1-9(20)16-13-8-14-17-11(7-12(15)19(14)18-13)10-5-3-2-4-6-10/h2-7H,1H3,(H,17,19,21);2-8H,1H3,(H,16,18,20). The first-order valence-corrected chi connectivity index (χ1v) is 13.7. The van der Waals surface area contributed by atoms with E-state index in [9.17, 15) is 9.59 Å². The molecule has 10 nitrogen and oxygen atoms in total. The molecule has 13 heteroatoms. The molecular formula is C28H21BrCl2N8O2. The lowest BCUT2D eigenvalue weighted by Gasteiger charge is -2.03. The Morgan fingerprint density at radius 3 is 1.83 bits per heavy atom. The van der Waals surface area contributed by atoms with E-state index in [0.717, 1.165) is 22.5 Å². The van der Waals surface area contributed by atoms with E-state index >= 15 is 0 Å². The lowest BCUT2D eigenvalue weighted by atomic mass is 10.1. The summed E-state index contributed by atoms with van der Waals surface area (Å²) in [5, 5.41) is 14.5. The number of hydrogen-bond donors (Lipinski definition) is 2. The Balaban J connectivity index is 0.000000165. The SMILES string of the molecule is CC(=O)Nc1cc2nc(-c3ccccc3)cc(Cl)n2n1.CC(=O)Nc1nn2c(Cl)cc(-c3ccccc3)nc2c1Br. The highest BCUT2D eigenvalue weighted by Crippen LogP contribution is 2.30. The quantitative estimate of drug-likeness (QED) is 0.203. The third-order valence-electron chi connectivity index (χ3n) is 5.61. The van der Waals surface area contributed by atoms with Crippen LogP contribution in [0, 0.1) is 0 Å². The summed E-state index contributed by atoms with van der Waals surface area (Å²) in [6.07, 6.45) is 0. The molecule has 0 aliphatic carbocycles. The highest BCUT2D eigenvalue weighted by Gasteiger charge is 2.16. The third kappa shape index (κ3) is 6.37. The van der Waals surface area contributed by atoms with Crippen LogP contribution in [-0.2, 0) is 9.59 Å². The van der Waals surface area contributed by atoms with Gasteiger partial charge in [0.2, 0.25) is 11.8 Å². The van der Waals surface area contributed by atoms with Crippen molar-refractivity contribution in [3.05, 3.63) is 93.6 Å². The fraction of sp³-hybridized carbons (Fsp3) is 0.0714. The van der Waals surface area contributed by atoms with Crippen molar-refractivity contribution in [1.29, 1.82) is 0 Å². The van der Waals surface area contributed by atoms with E-state index in [2.05, 4.69) is 46.7 Å². The van der Waals surface area contributed by atoms with Gasteiger partial charge in [0.25, 0.3) is 0 Å². The Hall–Kier alpha value is -4.32. The summed E-state index contributed by atoms with van der Waals surface area (Å²) in [6, 6.07) is 24.6. The molecule has 0 radical (unpaired) electrons. The molecule has 2 N–H and O–H groups in total. The van der Waals surface area contributed by atoms with Crippen LogP contribution in [0.1, 0.15) is 13.8 Å². The van der Waals surface area contributed by atoms with E-state index in [4.69, 9.17) is 23.2 Å². The number of hydrogen-bond acceptors (Lipinski definition) is 6. The van der Waals surface area contributed by atoms with Crippen LogP contribution in [0.4, 0.5) is 11.6 Å². The van der Waals surface area contributed by atoms with Crippen LogP contribution in [0.5, 0.6) is 0 Å². The van der Waals surface area contributed by atoms with Gasteiger partial charge in [-0.1, -0.05) is 83.9 Å².